The van der Waals surface area contributed by atoms with E-state index in [1.165, 1.54) is 5.56 Å². The molecule has 29 heavy (non-hydrogen) atoms. The lowest BCUT2D eigenvalue weighted by atomic mass is 9.88. The number of benzene rings is 2. The van der Waals surface area contributed by atoms with E-state index in [1.54, 1.807) is 12.4 Å². The van der Waals surface area contributed by atoms with Crippen molar-refractivity contribution in [1.29, 1.82) is 0 Å². The van der Waals surface area contributed by atoms with Crippen LogP contribution < -0.4 is 15.4 Å². The normalized spacial score (nSPS) is 17.5. The van der Waals surface area contributed by atoms with Gasteiger partial charge in [-0.15, -0.1) is 24.8 Å². The van der Waals surface area contributed by atoms with Crippen molar-refractivity contribution < 1.29 is 9.53 Å². The predicted molar refractivity (Wildman–Crippen MR) is 119 cm³/mol. The minimum Gasteiger partial charge on any atom is -0.456 e. The summed E-state index contributed by atoms with van der Waals surface area (Å²) in [5.74, 6) is 1.52. The van der Waals surface area contributed by atoms with Crippen LogP contribution in [0.3, 0.4) is 0 Å². The number of hydrogen-bond acceptors (Lipinski definition) is 4. The number of amides is 1. The van der Waals surface area contributed by atoms with Gasteiger partial charge in [0.2, 0.25) is 5.91 Å². The highest BCUT2D eigenvalue weighted by atomic mass is 35.5. The van der Waals surface area contributed by atoms with Crippen LogP contribution in [-0.4, -0.2) is 24.0 Å². The zero-order valence-corrected chi connectivity index (χ0v) is 17.3. The van der Waals surface area contributed by atoms with E-state index in [1.807, 2.05) is 54.6 Å². The van der Waals surface area contributed by atoms with Crippen molar-refractivity contribution in [2.45, 2.75) is 5.92 Å². The number of pyridine rings is 1. The van der Waals surface area contributed by atoms with Crippen molar-refractivity contribution in [3.63, 3.8) is 0 Å². The largest absolute Gasteiger partial charge is 0.456 e. The molecular formula is C22H23Cl2N3O2. The van der Waals surface area contributed by atoms with Crippen LogP contribution in [-0.2, 0) is 4.79 Å². The van der Waals surface area contributed by atoms with Crippen molar-refractivity contribution in [2.24, 2.45) is 5.92 Å². The van der Waals surface area contributed by atoms with Gasteiger partial charge in [0.1, 0.15) is 11.5 Å². The maximum atomic E-state index is 12.8. The summed E-state index contributed by atoms with van der Waals surface area (Å²) >= 11 is 0. The second-order valence-corrected chi connectivity index (χ2v) is 6.59. The number of ether oxygens (including phenoxy) is 1. The van der Waals surface area contributed by atoms with E-state index < -0.39 is 0 Å². The van der Waals surface area contributed by atoms with Gasteiger partial charge in [-0.25, -0.2) is 0 Å². The molecule has 1 amide bonds. The van der Waals surface area contributed by atoms with Gasteiger partial charge in [-0.3, -0.25) is 9.78 Å². The fourth-order valence-electron chi connectivity index (χ4n) is 3.39. The molecule has 0 bridgehead atoms. The Hall–Kier alpha value is -2.60. The van der Waals surface area contributed by atoms with Crippen LogP contribution in [0.15, 0.2) is 79.1 Å². The Balaban J connectivity index is 0.00000150. The molecule has 2 aromatic carbocycles. The molecule has 1 saturated heterocycles. The molecule has 2 N–H and O–H groups in total. The summed E-state index contributed by atoms with van der Waals surface area (Å²) in [4.78, 5) is 16.8. The number of carbonyl (C=O) groups excluding carboxylic acids is 1. The second kappa shape index (κ2) is 10.8. The Morgan fingerprint density at radius 2 is 1.69 bits per heavy atom. The zero-order chi connectivity index (χ0) is 18.5. The molecule has 0 radical (unpaired) electrons. The molecule has 1 aromatic heterocycles. The molecule has 5 nitrogen and oxygen atoms in total. The monoisotopic (exact) mass is 431 g/mol. The van der Waals surface area contributed by atoms with Crippen molar-refractivity contribution in [1.82, 2.24) is 10.3 Å². The quantitative estimate of drug-likeness (QED) is 0.616. The highest BCUT2D eigenvalue weighted by molar-refractivity contribution is 5.93. The van der Waals surface area contributed by atoms with Crippen LogP contribution >= 0.6 is 24.8 Å². The van der Waals surface area contributed by atoms with Crippen LogP contribution in [0.5, 0.6) is 11.5 Å². The van der Waals surface area contributed by atoms with Crippen molar-refractivity contribution >= 4 is 36.4 Å². The van der Waals surface area contributed by atoms with Crippen molar-refractivity contribution in [3.8, 4) is 11.5 Å². The number of rotatable bonds is 5. The summed E-state index contributed by atoms with van der Waals surface area (Å²) in [5.41, 5.74) is 1.96. The Kier molecular flexibility index (Phi) is 8.46. The number of hydrogen-bond donors (Lipinski definition) is 2. The van der Waals surface area contributed by atoms with Gasteiger partial charge in [-0.2, -0.15) is 0 Å². The van der Waals surface area contributed by atoms with E-state index in [0.717, 1.165) is 12.2 Å². The van der Waals surface area contributed by atoms with Crippen LogP contribution in [0.2, 0.25) is 0 Å². The molecule has 1 aliphatic rings. The van der Waals surface area contributed by atoms with Gasteiger partial charge in [-0.1, -0.05) is 30.3 Å². The summed E-state index contributed by atoms with van der Waals surface area (Å²) in [6.45, 7) is 1.51. The third-order valence-electron chi connectivity index (χ3n) is 4.77. The van der Waals surface area contributed by atoms with Gasteiger partial charge in [0.25, 0.3) is 0 Å². The van der Waals surface area contributed by atoms with Crippen LogP contribution in [0.25, 0.3) is 0 Å². The molecule has 1 aliphatic heterocycles. The van der Waals surface area contributed by atoms with Gasteiger partial charge in [0.15, 0.2) is 0 Å². The standard InChI is InChI=1S/C22H21N3O2.2ClH/c26-22(21-15-24-14-20(21)16-5-2-1-3-6-16)25-17-8-10-18(11-9-17)27-19-7-4-12-23-13-19;;/h1-13,20-21,24H,14-15H2,(H,25,26);2*1H/t20-,21+;;/m0../s1. The average molecular weight is 432 g/mol. The summed E-state index contributed by atoms with van der Waals surface area (Å²) in [6.07, 6.45) is 3.36. The summed E-state index contributed by atoms with van der Waals surface area (Å²) < 4.78 is 5.73. The van der Waals surface area contributed by atoms with E-state index in [2.05, 4.69) is 27.8 Å². The molecule has 7 heteroatoms. The molecule has 0 aliphatic carbocycles. The maximum absolute atomic E-state index is 12.8. The molecule has 1 fully saturated rings. The number of nitrogens with zero attached hydrogens (tertiary/aromatic N) is 1. The Labute approximate surface area is 182 Å². The third kappa shape index (κ3) is 5.70. The SMILES string of the molecule is Cl.Cl.O=C(Nc1ccc(Oc2cccnc2)cc1)[C@@H]1CNC[C@H]1c1ccccc1. The molecule has 0 unspecified atom stereocenters. The van der Waals surface area contributed by atoms with Crippen LogP contribution in [0.4, 0.5) is 5.69 Å². The number of carbonyl (C=O) groups is 1. The van der Waals surface area contributed by atoms with Gasteiger partial charge < -0.3 is 15.4 Å². The van der Waals surface area contributed by atoms with Gasteiger partial charge >= 0.3 is 0 Å². The lowest BCUT2D eigenvalue weighted by molar-refractivity contribution is -0.119. The van der Waals surface area contributed by atoms with E-state index >= 15 is 0 Å². The fourth-order valence-corrected chi connectivity index (χ4v) is 3.39. The van der Waals surface area contributed by atoms with Crippen molar-refractivity contribution in [3.05, 3.63) is 84.7 Å². The van der Waals surface area contributed by atoms with E-state index in [0.29, 0.717) is 18.0 Å². The summed E-state index contributed by atoms with van der Waals surface area (Å²) in [6, 6.07) is 21.2. The third-order valence-corrected chi connectivity index (χ3v) is 4.77. The number of aromatic nitrogens is 1. The van der Waals surface area contributed by atoms with Gasteiger partial charge in [0.05, 0.1) is 12.1 Å². The topological polar surface area (TPSA) is 63.2 Å². The molecule has 2 heterocycles. The summed E-state index contributed by atoms with van der Waals surface area (Å²) in [5, 5.41) is 6.37. The smallest absolute Gasteiger partial charge is 0.229 e. The first-order valence-electron chi connectivity index (χ1n) is 9.04. The van der Waals surface area contributed by atoms with Gasteiger partial charge in [-0.05, 0) is 42.0 Å². The predicted octanol–water partition coefficient (Wildman–Crippen LogP) is 4.66. The number of halogens is 2. The highest BCUT2D eigenvalue weighted by Crippen LogP contribution is 2.29. The van der Waals surface area contributed by atoms with Gasteiger partial charge in [0, 0.05) is 30.9 Å². The van der Waals surface area contributed by atoms with E-state index in [9.17, 15) is 4.79 Å². The average Bonchev–Trinajstić information content (AvgIpc) is 3.21. The maximum Gasteiger partial charge on any atom is 0.229 e. The minimum absolute atomic E-state index is 0. The van der Waals surface area contributed by atoms with E-state index in [4.69, 9.17) is 4.74 Å². The first-order valence-corrected chi connectivity index (χ1v) is 9.04. The zero-order valence-electron chi connectivity index (χ0n) is 15.7. The number of anilines is 1. The fraction of sp³-hybridized carbons (Fsp3) is 0.182. The number of nitrogens with one attached hydrogen (secondary N) is 2. The van der Waals surface area contributed by atoms with Crippen LogP contribution in [0.1, 0.15) is 11.5 Å². The van der Waals surface area contributed by atoms with Crippen LogP contribution in [0, 0.1) is 5.92 Å². The molecule has 152 valence electrons. The first-order chi connectivity index (χ1) is 13.3. The first kappa shape index (κ1) is 22.7. The molecule has 0 spiro atoms. The molecule has 3 aromatic rings. The Bertz CT molecular complexity index is 893. The molecule has 0 saturated carbocycles. The molecule has 4 rings (SSSR count). The highest BCUT2D eigenvalue weighted by Gasteiger charge is 2.33. The molecule has 2 atom stereocenters. The second-order valence-electron chi connectivity index (χ2n) is 6.59. The summed E-state index contributed by atoms with van der Waals surface area (Å²) in [7, 11) is 0. The van der Waals surface area contributed by atoms with E-state index in [-0.39, 0.29) is 42.6 Å². The Morgan fingerprint density at radius 3 is 2.38 bits per heavy atom. The molecular weight excluding hydrogens is 409 g/mol. The lowest BCUT2D eigenvalue weighted by Gasteiger charge is -2.18. The van der Waals surface area contributed by atoms with Crippen molar-refractivity contribution in [2.75, 3.05) is 18.4 Å². The Morgan fingerprint density at radius 1 is 0.931 bits per heavy atom. The minimum atomic E-state index is -0.0845. The lowest BCUT2D eigenvalue weighted by Crippen LogP contribution is -2.28.